The van der Waals surface area contributed by atoms with Crippen LogP contribution in [0.25, 0.3) is 0 Å². The molecule has 0 aromatic heterocycles. The standard InChI is InChI=1S/C39H66O5/c1-26(2)17-14-18-27(3)19-15-20-28(4)21-16-23-39(12)24-22-32-31(7)33(29(5)30(6)34(32)44-39)43-36(41)38(10,11)25-37(8,9)35(40)42-13/h26-28H,14-25H2,1-13H3/t27-,28-,39-/m1/s1. The molecule has 3 atom stereocenters. The number of esters is 2. The van der Waals surface area contributed by atoms with E-state index in [0.29, 0.717) is 12.2 Å². The first-order valence-corrected chi connectivity index (χ1v) is 17.5. The van der Waals surface area contributed by atoms with Gasteiger partial charge in [0.2, 0.25) is 0 Å². The molecule has 5 nitrogen and oxygen atoms in total. The fourth-order valence-corrected chi connectivity index (χ4v) is 7.17. The van der Waals surface area contributed by atoms with E-state index in [1.54, 1.807) is 13.8 Å². The van der Waals surface area contributed by atoms with Crippen molar-refractivity contribution in [2.75, 3.05) is 7.11 Å². The van der Waals surface area contributed by atoms with Crippen LogP contribution in [-0.2, 0) is 20.7 Å². The largest absolute Gasteiger partial charge is 0.487 e. The van der Waals surface area contributed by atoms with Gasteiger partial charge in [-0.3, -0.25) is 9.59 Å². The van der Waals surface area contributed by atoms with E-state index < -0.39 is 10.8 Å². The second kappa shape index (κ2) is 16.0. The fourth-order valence-electron chi connectivity index (χ4n) is 7.17. The molecule has 0 fully saturated rings. The molecular weight excluding hydrogens is 548 g/mol. The first-order chi connectivity index (χ1) is 20.3. The predicted molar refractivity (Wildman–Crippen MR) is 183 cm³/mol. The van der Waals surface area contributed by atoms with Gasteiger partial charge in [-0.05, 0) is 122 Å². The summed E-state index contributed by atoms with van der Waals surface area (Å²) in [6.45, 7) is 25.2. The molecule has 0 unspecified atom stereocenters. The molecule has 0 bridgehead atoms. The highest BCUT2D eigenvalue weighted by Gasteiger charge is 2.42. The molecule has 2 rings (SSSR count). The van der Waals surface area contributed by atoms with Crippen molar-refractivity contribution in [1.82, 2.24) is 0 Å². The van der Waals surface area contributed by atoms with E-state index in [2.05, 4.69) is 41.5 Å². The molecule has 0 amide bonds. The summed E-state index contributed by atoms with van der Waals surface area (Å²) < 4.78 is 17.9. The molecule has 0 aliphatic carbocycles. The van der Waals surface area contributed by atoms with E-state index in [4.69, 9.17) is 14.2 Å². The van der Waals surface area contributed by atoms with Crippen LogP contribution in [0.5, 0.6) is 11.5 Å². The first kappa shape index (κ1) is 38.1. The summed E-state index contributed by atoms with van der Waals surface area (Å²) in [6, 6.07) is 0. The third-order valence-electron chi connectivity index (χ3n) is 10.2. The second-order valence-electron chi connectivity index (χ2n) is 16.2. The summed E-state index contributed by atoms with van der Waals surface area (Å²) in [5, 5.41) is 0. The normalized spacial score (nSPS) is 18.4. The lowest BCUT2D eigenvalue weighted by molar-refractivity contribution is -0.155. The highest BCUT2D eigenvalue weighted by atomic mass is 16.5. The third kappa shape index (κ3) is 10.5. The Bertz CT molecular complexity index is 1110. The Labute approximate surface area is 270 Å². The predicted octanol–water partition coefficient (Wildman–Crippen LogP) is 10.7. The van der Waals surface area contributed by atoms with Crippen molar-refractivity contribution >= 4 is 11.9 Å². The quantitative estimate of drug-likeness (QED) is 0.129. The zero-order valence-electron chi connectivity index (χ0n) is 30.8. The summed E-state index contributed by atoms with van der Waals surface area (Å²) >= 11 is 0. The smallest absolute Gasteiger partial charge is 0.316 e. The summed E-state index contributed by atoms with van der Waals surface area (Å²) in [4.78, 5) is 25.7. The number of carbonyl (C=O) groups is 2. The number of ether oxygens (including phenoxy) is 3. The Morgan fingerprint density at radius 1 is 0.795 bits per heavy atom. The van der Waals surface area contributed by atoms with Gasteiger partial charge >= 0.3 is 11.9 Å². The van der Waals surface area contributed by atoms with Crippen LogP contribution in [0.2, 0.25) is 0 Å². The maximum atomic E-state index is 13.4. The van der Waals surface area contributed by atoms with E-state index in [9.17, 15) is 9.59 Å². The molecule has 1 aromatic carbocycles. The molecule has 0 spiro atoms. The zero-order chi connectivity index (χ0) is 33.5. The van der Waals surface area contributed by atoms with Crippen molar-refractivity contribution in [2.24, 2.45) is 28.6 Å². The molecule has 1 aromatic rings. The monoisotopic (exact) mass is 614 g/mol. The van der Waals surface area contributed by atoms with Gasteiger partial charge in [-0.15, -0.1) is 0 Å². The maximum absolute atomic E-state index is 13.4. The maximum Gasteiger partial charge on any atom is 0.316 e. The Morgan fingerprint density at radius 3 is 1.86 bits per heavy atom. The van der Waals surface area contributed by atoms with Crippen LogP contribution >= 0.6 is 0 Å². The van der Waals surface area contributed by atoms with Crippen molar-refractivity contribution in [1.29, 1.82) is 0 Å². The van der Waals surface area contributed by atoms with E-state index >= 15 is 0 Å². The Hall–Kier alpha value is -2.04. The van der Waals surface area contributed by atoms with E-state index in [0.717, 1.165) is 65.0 Å². The minimum Gasteiger partial charge on any atom is -0.487 e. The Balaban J connectivity index is 1.99. The van der Waals surface area contributed by atoms with Crippen molar-refractivity contribution in [3.63, 3.8) is 0 Å². The van der Waals surface area contributed by atoms with Gasteiger partial charge < -0.3 is 14.2 Å². The molecular formula is C39H66O5. The van der Waals surface area contributed by atoms with Crippen LogP contribution in [-0.4, -0.2) is 24.6 Å². The van der Waals surface area contributed by atoms with Crippen LogP contribution < -0.4 is 9.47 Å². The van der Waals surface area contributed by atoms with Gasteiger partial charge in [0.15, 0.2) is 0 Å². The van der Waals surface area contributed by atoms with Crippen LogP contribution in [0, 0.1) is 49.4 Å². The van der Waals surface area contributed by atoms with Crippen LogP contribution in [0.1, 0.15) is 155 Å². The summed E-state index contributed by atoms with van der Waals surface area (Å²) in [5.41, 5.74) is 2.27. The molecule has 5 heteroatoms. The third-order valence-corrected chi connectivity index (χ3v) is 10.2. The average molecular weight is 615 g/mol. The number of carbonyl (C=O) groups excluding carboxylic acids is 2. The first-order valence-electron chi connectivity index (χ1n) is 17.5. The van der Waals surface area contributed by atoms with Gasteiger partial charge in [0.05, 0.1) is 17.9 Å². The number of fused-ring (bicyclic) bond motifs is 1. The number of hydrogen-bond acceptors (Lipinski definition) is 5. The highest BCUT2D eigenvalue weighted by molar-refractivity contribution is 5.82. The molecule has 44 heavy (non-hydrogen) atoms. The van der Waals surface area contributed by atoms with Crippen molar-refractivity contribution < 1.29 is 23.8 Å². The number of rotatable bonds is 17. The van der Waals surface area contributed by atoms with Crippen LogP contribution in [0.4, 0.5) is 0 Å². The second-order valence-corrected chi connectivity index (χ2v) is 16.2. The molecule has 1 heterocycles. The Kier molecular flexibility index (Phi) is 13.9. The van der Waals surface area contributed by atoms with E-state index in [1.807, 2.05) is 27.7 Å². The molecule has 1 aliphatic heterocycles. The topological polar surface area (TPSA) is 61.8 Å². The molecule has 0 saturated heterocycles. The lowest BCUT2D eigenvalue weighted by Gasteiger charge is -2.38. The molecule has 1 aliphatic rings. The number of hydrogen-bond donors (Lipinski definition) is 0. The van der Waals surface area contributed by atoms with Crippen molar-refractivity contribution in [3.8, 4) is 11.5 Å². The number of benzene rings is 1. The zero-order valence-corrected chi connectivity index (χ0v) is 30.8. The SMILES string of the molecule is COC(=O)C(C)(C)CC(C)(C)C(=O)Oc1c(C)c(C)c2c(c1C)CC[C@@](C)(CCC[C@H](C)CCC[C@H](C)CCCC(C)C)O2. The molecule has 0 radical (unpaired) electrons. The molecule has 252 valence electrons. The van der Waals surface area contributed by atoms with Gasteiger partial charge in [-0.25, -0.2) is 0 Å². The minimum absolute atomic E-state index is 0.180. The van der Waals surface area contributed by atoms with Gasteiger partial charge in [-0.2, -0.15) is 0 Å². The van der Waals surface area contributed by atoms with Crippen LogP contribution in [0.15, 0.2) is 0 Å². The van der Waals surface area contributed by atoms with Gasteiger partial charge in [0.25, 0.3) is 0 Å². The van der Waals surface area contributed by atoms with Gasteiger partial charge in [0.1, 0.15) is 17.1 Å². The van der Waals surface area contributed by atoms with Gasteiger partial charge in [0, 0.05) is 5.56 Å². The van der Waals surface area contributed by atoms with E-state index in [1.165, 1.54) is 58.5 Å². The molecule has 0 N–H and O–H groups in total. The Morgan fingerprint density at radius 2 is 1.32 bits per heavy atom. The lowest BCUT2D eigenvalue weighted by Crippen LogP contribution is -2.38. The summed E-state index contributed by atoms with van der Waals surface area (Å²) in [5.74, 6) is 3.36. The summed E-state index contributed by atoms with van der Waals surface area (Å²) in [7, 11) is 1.38. The van der Waals surface area contributed by atoms with E-state index in [-0.39, 0.29) is 17.5 Å². The van der Waals surface area contributed by atoms with Gasteiger partial charge in [-0.1, -0.05) is 72.6 Å². The van der Waals surface area contributed by atoms with Crippen LogP contribution in [0.3, 0.4) is 0 Å². The molecule has 0 saturated carbocycles. The number of methoxy groups -OCH3 is 1. The highest BCUT2D eigenvalue weighted by Crippen LogP contribution is 2.46. The van der Waals surface area contributed by atoms with Crippen molar-refractivity contribution in [3.05, 3.63) is 22.3 Å². The lowest BCUT2D eigenvalue weighted by atomic mass is 9.75. The fraction of sp³-hybridized carbons (Fsp3) is 0.795. The minimum atomic E-state index is -0.863. The summed E-state index contributed by atoms with van der Waals surface area (Å²) in [6.07, 6.45) is 13.8. The van der Waals surface area contributed by atoms with Crippen molar-refractivity contribution in [2.45, 2.75) is 166 Å². The average Bonchev–Trinajstić information content (AvgIpc) is 2.92.